The predicted octanol–water partition coefficient (Wildman–Crippen LogP) is 1.76. The molecule has 0 aliphatic rings. The first kappa shape index (κ1) is 15.7. The maximum atomic E-state index is 12.8. The number of carbonyl (C=O) groups excluding carboxylic acids is 1. The lowest BCUT2D eigenvalue weighted by Gasteiger charge is -2.22. The second-order valence-electron chi connectivity index (χ2n) is 5.42. The number of nitro benzene ring substituents is 1. The summed E-state index contributed by atoms with van der Waals surface area (Å²) in [5.41, 5.74) is -0.247. The number of pyridine rings is 1. The Morgan fingerprint density at radius 1 is 1.17 bits per heavy atom. The van der Waals surface area contributed by atoms with Crippen LogP contribution >= 0.6 is 0 Å². The van der Waals surface area contributed by atoms with Crippen LogP contribution in [-0.2, 0) is 4.79 Å². The predicted molar refractivity (Wildman–Crippen MR) is 86.7 cm³/mol. The Kier molecular flexibility index (Phi) is 3.76. The number of nitro groups is 1. The standard InChI is InChI=1S/C17H14N2O5/c1-2-14(17(21)22)18-15-8-7-10(19(23)24)9-13(15)11-5-3-4-6-12(11)16(18)20/h3-9,14H,2H2,1H3,(H,21,22)/p-1. The Morgan fingerprint density at radius 2 is 1.83 bits per heavy atom. The third-order valence-electron chi connectivity index (χ3n) is 4.09. The van der Waals surface area contributed by atoms with Crippen molar-refractivity contribution in [2.24, 2.45) is 0 Å². The van der Waals surface area contributed by atoms with Crippen molar-refractivity contribution in [1.82, 2.24) is 4.57 Å². The fourth-order valence-corrected chi connectivity index (χ4v) is 2.97. The highest BCUT2D eigenvalue weighted by molar-refractivity contribution is 6.06. The number of hydrogen-bond donors (Lipinski definition) is 0. The van der Waals surface area contributed by atoms with E-state index in [0.29, 0.717) is 21.7 Å². The van der Waals surface area contributed by atoms with Crippen LogP contribution in [0.1, 0.15) is 19.4 Å². The molecule has 0 aliphatic heterocycles. The molecule has 3 aromatic rings. The van der Waals surface area contributed by atoms with Crippen molar-refractivity contribution in [3.05, 3.63) is 62.9 Å². The Balaban J connectivity index is 2.54. The van der Waals surface area contributed by atoms with E-state index in [9.17, 15) is 24.8 Å². The molecule has 3 rings (SSSR count). The minimum atomic E-state index is -1.37. The van der Waals surface area contributed by atoms with Crippen molar-refractivity contribution in [2.45, 2.75) is 19.4 Å². The summed E-state index contributed by atoms with van der Waals surface area (Å²) in [5.74, 6) is -1.37. The highest BCUT2D eigenvalue weighted by Gasteiger charge is 2.19. The van der Waals surface area contributed by atoms with Gasteiger partial charge >= 0.3 is 0 Å². The van der Waals surface area contributed by atoms with Gasteiger partial charge in [0.1, 0.15) is 0 Å². The van der Waals surface area contributed by atoms with Crippen LogP contribution in [0.4, 0.5) is 5.69 Å². The molecule has 7 nitrogen and oxygen atoms in total. The molecule has 0 bridgehead atoms. The fourth-order valence-electron chi connectivity index (χ4n) is 2.97. The molecule has 0 saturated carbocycles. The average Bonchev–Trinajstić information content (AvgIpc) is 2.57. The first-order valence-corrected chi connectivity index (χ1v) is 7.38. The third kappa shape index (κ3) is 2.30. The van der Waals surface area contributed by atoms with Gasteiger partial charge in [-0.2, -0.15) is 0 Å². The monoisotopic (exact) mass is 325 g/mol. The van der Waals surface area contributed by atoms with E-state index < -0.39 is 22.5 Å². The Hall–Kier alpha value is -3.22. The highest BCUT2D eigenvalue weighted by Crippen LogP contribution is 2.28. The van der Waals surface area contributed by atoms with E-state index in [0.717, 1.165) is 4.57 Å². The van der Waals surface area contributed by atoms with Gasteiger partial charge in [0.2, 0.25) is 0 Å². The molecule has 0 fully saturated rings. The summed E-state index contributed by atoms with van der Waals surface area (Å²) in [4.78, 5) is 34.8. The number of rotatable bonds is 4. The van der Waals surface area contributed by atoms with E-state index in [4.69, 9.17) is 0 Å². The molecule has 1 heterocycles. The topological polar surface area (TPSA) is 105 Å². The number of benzene rings is 2. The van der Waals surface area contributed by atoms with Gasteiger partial charge in [0, 0.05) is 22.9 Å². The Bertz CT molecular complexity index is 1040. The molecule has 0 aliphatic carbocycles. The number of carboxylic acids is 1. The molecular formula is C17H13N2O5-. The zero-order valence-corrected chi connectivity index (χ0v) is 12.8. The van der Waals surface area contributed by atoms with E-state index in [-0.39, 0.29) is 12.1 Å². The summed E-state index contributed by atoms with van der Waals surface area (Å²) in [6.45, 7) is 1.64. The maximum Gasteiger partial charge on any atom is 0.270 e. The largest absolute Gasteiger partial charge is 0.548 e. The van der Waals surface area contributed by atoms with Crippen LogP contribution in [0.2, 0.25) is 0 Å². The first-order valence-electron chi connectivity index (χ1n) is 7.38. The van der Waals surface area contributed by atoms with Crippen molar-refractivity contribution < 1.29 is 14.8 Å². The van der Waals surface area contributed by atoms with Crippen molar-refractivity contribution in [3.8, 4) is 0 Å². The smallest absolute Gasteiger partial charge is 0.270 e. The van der Waals surface area contributed by atoms with Crippen LogP contribution in [-0.4, -0.2) is 15.5 Å². The molecule has 122 valence electrons. The highest BCUT2D eigenvalue weighted by atomic mass is 16.6. The first-order chi connectivity index (χ1) is 11.5. The molecule has 0 spiro atoms. The molecule has 1 unspecified atom stereocenters. The van der Waals surface area contributed by atoms with Crippen molar-refractivity contribution in [1.29, 1.82) is 0 Å². The van der Waals surface area contributed by atoms with Gasteiger partial charge in [-0.05, 0) is 23.9 Å². The number of fused-ring (bicyclic) bond motifs is 3. The molecule has 0 radical (unpaired) electrons. The minimum absolute atomic E-state index is 0.126. The second kappa shape index (κ2) is 5.77. The second-order valence-corrected chi connectivity index (χ2v) is 5.42. The number of nitrogens with zero attached hydrogens (tertiary/aromatic N) is 2. The lowest BCUT2D eigenvalue weighted by molar-refractivity contribution is -0.384. The van der Waals surface area contributed by atoms with Crippen molar-refractivity contribution >= 4 is 33.3 Å². The lowest BCUT2D eigenvalue weighted by atomic mass is 10.0. The van der Waals surface area contributed by atoms with Gasteiger partial charge in [-0.15, -0.1) is 0 Å². The van der Waals surface area contributed by atoms with Gasteiger partial charge in [-0.25, -0.2) is 0 Å². The summed E-state index contributed by atoms with van der Waals surface area (Å²) in [5, 5.41) is 23.8. The maximum absolute atomic E-state index is 12.8. The van der Waals surface area contributed by atoms with Crippen LogP contribution in [0.5, 0.6) is 0 Å². The number of aliphatic carboxylic acids is 1. The van der Waals surface area contributed by atoms with Crippen LogP contribution < -0.4 is 10.7 Å². The van der Waals surface area contributed by atoms with E-state index >= 15 is 0 Å². The van der Waals surface area contributed by atoms with Gasteiger partial charge in [-0.1, -0.05) is 25.1 Å². The zero-order valence-electron chi connectivity index (χ0n) is 12.8. The van der Waals surface area contributed by atoms with Crippen LogP contribution in [0.25, 0.3) is 21.7 Å². The summed E-state index contributed by atoms with van der Waals surface area (Å²) in [6, 6.07) is 9.53. The average molecular weight is 325 g/mol. The normalized spacial score (nSPS) is 12.4. The summed E-state index contributed by atoms with van der Waals surface area (Å²) >= 11 is 0. The Labute approximate surface area is 135 Å². The van der Waals surface area contributed by atoms with Gasteiger partial charge in [0.25, 0.3) is 11.2 Å². The molecule has 1 aromatic heterocycles. The summed E-state index contributed by atoms with van der Waals surface area (Å²) < 4.78 is 1.15. The van der Waals surface area contributed by atoms with Gasteiger partial charge in [0.15, 0.2) is 0 Å². The van der Waals surface area contributed by atoms with Crippen molar-refractivity contribution in [3.63, 3.8) is 0 Å². The molecule has 7 heteroatoms. The summed E-state index contributed by atoms with van der Waals surface area (Å²) in [7, 11) is 0. The SMILES string of the molecule is CCC(C(=O)[O-])n1c(=O)c2ccccc2c2cc([N+](=O)[O-])ccc21. The third-order valence-corrected chi connectivity index (χ3v) is 4.09. The van der Waals surface area contributed by atoms with Crippen LogP contribution in [0.15, 0.2) is 47.3 Å². The molecule has 0 N–H and O–H groups in total. The van der Waals surface area contributed by atoms with E-state index in [1.54, 1.807) is 31.2 Å². The molecule has 2 aromatic carbocycles. The molecule has 1 atom stereocenters. The Morgan fingerprint density at radius 3 is 2.42 bits per heavy atom. The minimum Gasteiger partial charge on any atom is -0.548 e. The number of aromatic nitrogens is 1. The van der Waals surface area contributed by atoms with E-state index in [2.05, 4.69) is 0 Å². The number of non-ortho nitro benzene ring substituents is 1. The molecule has 0 saturated heterocycles. The number of hydrogen-bond acceptors (Lipinski definition) is 5. The van der Waals surface area contributed by atoms with E-state index in [1.165, 1.54) is 18.2 Å². The fraction of sp³-hybridized carbons (Fsp3) is 0.176. The molecular weight excluding hydrogens is 312 g/mol. The number of carbonyl (C=O) groups is 1. The molecule has 0 amide bonds. The number of carboxylic acid groups (broad SMARTS) is 1. The quantitative estimate of drug-likeness (QED) is 0.413. The van der Waals surface area contributed by atoms with Gasteiger partial charge in [-0.3, -0.25) is 19.5 Å². The van der Waals surface area contributed by atoms with Crippen LogP contribution in [0.3, 0.4) is 0 Å². The zero-order chi connectivity index (χ0) is 17.4. The lowest BCUT2D eigenvalue weighted by Crippen LogP contribution is -2.38. The van der Waals surface area contributed by atoms with Crippen LogP contribution in [0, 0.1) is 10.1 Å². The van der Waals surface area contributed by atoms with Gasteiger partial charge in [0.05, 0.1) is 22.5 Å². The van der Waals surface area contributed by atoms with E-state index in [1.807, 2.05) is 0 Å². The van der Waals surface area contributed by atoms with Crippen molar-refractivity contribution in [2.75, 3.05) is 0 Å². The molecule has 24 heavy (non-hydrogen) atoms. The van der Waals surface area contributed by atoms with Gasteiger partial charge < -0.3 is 9.90 Å². The summed E-state index contributed by atoms with van der Waals surface area (Å²) in [6.07, 6.45) is 0.159.